The average molecular weight is 129 g/mol. The van der Waals surface area contributed by atoms with Crippen molar-refractivity contribution in [2.24, 2.45) is 5.41 Å². The summed E-state index contributed by atoms with van der Waals surface area (Å²) in [4.78, 5) is 0. The van der Waals surface area contributed by atoms with Gasteiger partial charge >= 0.3 is 0 Å². The molecule has 1 aliphatic rings. The largest absolute Gasteiger partial charge is 0.393 e. The van der Waals surface area contributed by atoms with E-state index in [-0.39, 0.29) is 6.10 Å². The van der Waals surface area contributed by atoms with Crippen LogP contribution in [0.3, 0.4) is 0 Å². The van der Waals surface area contributed by atoms with E-state index >= 15 is 0 Å². The van der Waals surface area contributed by atoms with Gasteiger partial charge in [0.1, 0.15) is 0 Å². The molecule has 9 heavy (non-hydrogen) atoms. The lowest BCUT2D eigenvalue weighted by molar-refractivity contribution is -0.0181. The van der Waals surface area contributed by atoms with E-state index in [1.165, 1.54) is 0 Å². The van der Waals surface area contributed by atoms with Gasteiger partial charge in [0, 0.05) is 6.54 Å². The number of nitrogens with one attached hydrogen (secondary N) is 1. The first-order chi connectivity index (χ1) is 4.16. The summed E-state index contributed by atoms with van der Waals surface area (Å²) in [5, 5.41) is 12.1. The normalized spacial score (nSPS) is 42.3. The van der Waals surface area contributed by atoms with Gasteiger partial charge in [-0.05, 0) is 25.3 Å². The van der Waals surface area contributed by atoms with Crippen LogP contribution in [0.4, 0.5) is 0 Å². The molecule has 1 rings (SSSR count). The Labute approximate surface area is 56.3 Å². The van der Waals surface area contributed by atoms with Crippen LogP contribution in [-0.2, 0) is 0 Å². The Hall–Kier alpha value is -0.0800. The molecular weight excluding hydrogens is 114 g/mol. The Morgan fingerprint density at radius 3 is 2.56 bits per heavy atom. The molecule has 0 bridgehead atoms. The summed E-state index contributed by atoms with van der Waals surface area (Å²) >= 11 is 0. The summed E-state index contributed by atoms with van der Waals surface area (Å²) in [7, 11) is 1.95. The second-order valence-corrected chi connectivity index (χ2v) is 3.40. The van der Waals surface area contributed by atoms with Gasteiger partial charge < -0.3 is 10.4 Å². The lowest BCUT2D eigenvalue weighted by Crippen LogP contribution is -2.44. The monoisotopic (exact) mass is 129 g/mol. The van der Waals surface area contributed by atoms with Gasteiger partial charge in [-0.25, -0.2) is 0 Å². The molecule has 0 unspecified atom stereocenters. The zero-order valence-electron chi connectivity index (χ0n) is 6.15. The molecule has 2 N–H and O–H groups in total. The van der Waals surface area contributed by atoms with Crippen molar-refractivity contribution in [1.29, 1.82) is 0 Å². The van der Waals surface area contributed by atoms with Gasteiger partial charge in [-0.15, -0.1) is 0 Å². The molecule has 1 saturated carbocycles. The standard InChI is InChI=1S/C7H15NO/c1-7(5-8-2)3-6(9)4-7/h6,8-9H,3-5H2,1-2H3. The van der Waals surface area contributed by atoms with Crippen molar-refractivity contribution < 1.29 is 5.11 Å². The van der Waals surface area contributed by atoms with Crippen LogP contribution in [0.2, 0.25) is 0 Å². The predicted molar refractivity (Wildman–Crippen MR) is 37.3 cm³/mol. The summed E-state index contributed by atoms with van der Waals surface area (Å²) in [5.41, 5.74) is 0.383. The quantitative estimate of drug-likeness (QED) is 0.564. The second kappa shape index (κ2) is 2.27. The highest BCUT2D eigenvalue weighted by molar-refractivity contribution is 4.91. The Morgan fingerprint density at radius 2 is 2.22 bits per heavy atom. The summed E-state index contributed by atoms with van der Waals surface area (Å²) < 4.78 is 0. The van der Waals surface area contributed by atoms with Crippen molar-refractivity contribution in [3.8, 4) is 0 Å². The first-order valence-corrected chi connectivity index (χ1v) is 3.49. The predicted octanol–water partition coefficient (Wildman–Crippen LogP) is 0.367. The molecule has 2 heteroatoms. The molecule has 0 aromatic rings. The first-order valence-electron chi connectivity index (χ1n) is 3.49. The van der Waals surface area contributed by atoms with E-state index in [4.69, 9.17) is 5.11 Å². The van der Waals surface area contributed by atoms with Crippen molar-refractivity contribution in [3.63, 3.8) is 0 Å². The lowest BCUT2D eigenvalue weighted by atomic mass is 9.68. The van der Waals surface area contributed by atoms with E-state index in [1.807, 2.05) is 7.05 Å². The van der Waals surface area contributed by atoms with E-state index in [9.17, 15) is 0 Å². The fourth-order valence-electron chi connectivity index (χ4n) is 1.65. The lowest BCUT2D eigenvalue weighted by Gasteiger charge is -2.42. The van der Waals surface area contributed by atoms with Crippen molar-refractivity contribution in [3.05, 3.63) is 0 Å². The minimum atomic E-state index is -0.0247. The maximum absolute atomic E-state index is 8.98. The highest BCUT2D eigenvalue weighted by Crippen LogP contribution is 2.39. The summed E-state index contributed by atoms with van der Waals surface area (Å²) in [5.74, 6) is 0. The van der Waals surface area contributed by atoms with Crippen LogP contribution in [0.5, 0.6) is 0 Å². The third kappa shape index (κ3) is 1.43. The SMILES string of the molecule is CNCC1(C)CC(O)C1. The summed E-state index contributed by atoms with van der Waals surface area (Å²) in [6.45, 7) is 3.24. The highest BCUT2D eigenvalue weighted by Gasteiger charge is 2.38. The van der Waals surface area contributed by atoms with Crippen LogP contribution in [0, 0.1) is 5.41 Å². The molecule has 0 aliphatic heterocycles. The number of hydrogen-bond donors (Lipinski definition) is 2. The minimum absolute atomic E-state index is 0.0247. The van der Waals surface area contributed by atoms with Gasteiger partial charge in [0.05, 0.1) is 6.10 Å². The van der Waals surface area contributed by atoms with Gasteiger partial charge in [-0.3, -0.25) is 0 Å². The van der Waals surface area contributed by atoms with Crippen LogP contribution >= 0.6 is 0 Å². The van der Waals surface area contributed by atoms with Crippen molar-refractivity contribution in [2.45, 2.75) is 25.9 Å². The van der Waals surface area contributed by atoms with Gasteiger partial charge in [0.2, 0.25) is 0 Å². The number of aliphatic hydroxyl groups is 1. The molecule has 0 spiro atoms. The molecule has 0 radical (unpaired) electrons. The maximum Gasteiger partial charge on any atom is 0.0551 e. The van der Waals surface area contributed by atoms with Gasteiger partial charge in [0.15, 0.2) is 0 Å². The number of aliphatic hydroxyl groups excluding tert-OH is 1. The second-order valence-electron chi connectivity index (χ2n) is 3.40. The van der Waals surface area contributed by atoms with Crippen molar-refractivity contribution in [1.82, 2.24) is 5.32 Å². The van der Waals surface area contributed by atoms with E-state index in [0.717, 1.165) is 19.4 Å². The van der Waals surface area contributed by atoms with Crippen molar-refractivity contribution in [2.75, 3.05) is 13.6 Å². The molecule has 2 nitrogen and oxygen atoms in total. The number of rotatable bonds is 2. The molecule has 54 valence electrons. The third-order valence-corrected chi connectivity index (χ3v) is 2.06. The fourth-order valence-corrected chi connectivity index (χ4v) is 1.65. The maximum atomic E-state index is 8.98. The van der Waals surface area contributed by atoms with Crippen molar-refractivity contribution >= 4 is 0 Å². The van der Waals surface area contributed by atoms with E-state index in [0.29, 0.717) is 5.41 Å². The molecule has 0 aromatic heterocycles. The Balaban J connectivity index is 2.23. The Kier molecular flexibility index (Phi) is 1.78. The molecule has 0 heterocycles. The van der Waals surface area contributed by atoms with Crippen LogP contribution in [0.1, 0.15) is 19.8 Å². The highest BCUT2D eigenvalue weighted by atomic mass is 16.3. The van der Waals surface area contributed by atoms with Crippen LogP contribution < -0.4 is 5.32 Å². The molecule has 0 saturated heterocycles. The zero-order chi connectivity index (χ0) is 6.91. The number of hydrogen-bond acceptors (Lipinski definition) is 2. The van der Waals surface area contributed by atoms with Crippen LogP contribution in [0.15, 0.2) is 0 Å². The van der Waals surface area contributed by atoms with Gasteiger partial charge in [-0.2, -0.15) is 0 Å². The molecular formula is C7H15NO. The molecule has 0 amide bonds. The fraction of sp³-hybridized carbons (Fsp3) is 1.00. The smallest absolute Gasteiger partial charge is 0.0551 e. The molecule has 0 atom stereocenters. The Morgan fingerprint density at radius 1 is 1.67 bits per heavy atom. The topological polar surface area (TPSA) is 32.3 Å². The van der Waals surface area contributed by atoms with Crippen LogP contribution in [0.25, 0.3) is 0 Å². The van der Waals surface area contributed by atoms with Gasteiger partial charge in [0.25, 0.3) is 0 Å². The third-order valence-electron chi connectivity index (χ3n) is 2.06. The summed E-state index contributed by atoms with van der Waals surface area (Å²) in [6.07, 6.45) is 1.91. The first kappa shape index (κ1) is 7.03. The zero-order valence-corrected chi connectivity index (χ0v) is 6.15. The molecule has 0 aromatic carbocycles. The van der Waals surface area contributed by atoms with E-state index in [2.05, 4.69) is 12.2 Å². The molecule has 1 aliphatic carbocycles. The van der Waals surface area contributed by atoms with E-state index in [1.54, 1.807) is 0 Å². The minimum Gasteiger partial charge on any atom is -0.393 e. The summed E-state index contributed by atoms with van der Waals surface area (Å²) in [6, 6.07) is 0. The Bertz CT molecular complexity index is 91.6. The molecule has 1 fully saturated rings. The van der Waals surface area contributed by atoms with E-state index < -0.39 is 0 Å². The van der Waals surface area contributed by atoms with Gasteiger partial charge in [-0.1, -0.05) is 6.92 Å². The van der Waals surface area contributed by atoms with Crippen LogP contribution in [-0.4, -0.2) is 24.8 Å². The average Bonchev–Trinajstić information content (AvgIpc) is 1.62.